The van der Waals surface area contributed by atoms with Crippen LogP contribution in [0.4, 0.5) is 0 Å². The number of hydrogen-bond donors (Lipinski definition) is 0. The summed E-state index contributed by atoms with van der Waals surface area (Å²) in [6, 6.07) is 3.71. The fraction of sp³-hybridized carbons (Fsp3) is 0.214. The van der Waals surface area contributed by atoms with E-state index in [-0.39, 0.29) is 23.5 Å². The number of rotatable bonds is 6. The second kappa shape index (κ2) is 8.24. The van der Waals surface area contributed by atoms with Gasteiger partial charge in [0.15, 0.2) is 0 Å². The summed E-state index contributed by atoms with van der Waals surface area (Å²) in [5.74, 6) is -3.80. The van der Waals surface area contributed by atoms with E-state index in [0.29, 0.717) is 5.56 Å². The number of hydrogen-bond acceptors (Lipinski definition) is 6. The van der Waals surface area contributed by atoms with Crippen LogP contribution < -0.4 is 10.2 Å². The van der Waals surface area contributed by atoms with Crippen molar-refractivity contribution in [1.82, 2.24) is 0 Å². The summed E-state index contributed by atoms with van der Waals surface area (Å²) in [5.41, 5.74) is -0.423. The molecule has 0 bridgehead atoms. The van der Waals surface area contributed by atoms with E-state index in [0.717, 1.165) is 12.1 Å². The topological polar surface area (TPSA) is 107 Å². The second-order valence-corrected chi connectivity index (χ2v) is 4.11. The van der Waals surface area contributed by atoms with Gasteiger partial charge in [0.25, 0.3) is 0 Å². The molecule has 7 heteroatoms. The Bertz CT molecular complexity index is 567. The number of carboxylic acids is 2. The number of aromatic carboxylic acids is 2. The van der Waals surface area contributed by atoms with Crippen molar-refractivity contribution in [2.75, 3.05) is 0 Å². The minimum Gasteiger partial charge on any atom is -0.545 e. The normalized spacial score (nSPS) is 10.9. The molecule has 0 fully saturated rings. The number of benzene rings is 1. The standard InChI is InChI=1S/C14H14O6.Cu/c1-3-12(15)20-8(2)6-9-4-5-10(13(16)17)11(7-9)14(18)19;/h3-5,7-8H,1,6H2,2H3,(H,16,17)(H,18,19);/q;+2/p-2. The van der Waals surface area contributed by atoms with Crippen LogP contribution in [-0.2, 0) is 33.0 Å². The van der Waals surface area contributed by atoms with Crippen LogP contribution in [0, 0.1) is 0 Å². The van der Waals surface area contributed by atoms with Gasteiger partial charge in [-0.3, -0.25) is 0 Å². The molecule has 0 heterocycles. The summed E-state index contributed by atoms with van der Waals surface area (Å²) in [4.78, 5) is 32.6. The zero-order valence-electron chi connectivity index (χ0n) is 11.1. The smallest absolute Gasteiger partial charge is 0.545 e. The SMILES string of the molecule is C=CC(=O)OC(C)Cc1ccc(C(=O)[O-])c(C(=O)[O-])c1.[Cu+2]. The molecule has 0 amide bonds. The van der Waals surface area contributed by atoms with Crippen molar-refractivity contribution in [3.8, 4) is 0 Å². The molecule has 0 saturated heterocycles. The van der Waals surface area contributed by atoms with Gasteiger partial charge in [0.2, 0.25) is 0 Å². The molecule has 1 aromatic carbocycles. The van der Waals surface area contributed by atoms with Gasteiger partial charge >= 0.3 is 23.0 Å². The van der Waals surface area contributed by atoms with Crippen LogP contribution >= 0.6 is 0 Å². The molecule has 1 radical (unpaired) electrons. The van der Waals surface area contributed by atoms with E-state index in [2.05, 4.69) is 6.58 Å². The number of carbonyl (C=O) groups excluding carboxylic acids is 3. The van der Waals surface area contributed by atoms with Gasteiger partial charge in [0.05, 0.1) is 11.9 Å². The molecule has 0 aliphatic carbocycles. The first-order valence-electron chi connectivity index (χ1n) is 5.73. The van der Waals surface area contributed by atoms with Crippen molar-refractivity contribution in [3.05, 3.63) is 47.5 Å². The Kier molecular flexibility index (Phi) is 7.41. The molecule has 115 valence electrons. The molecule has 1 aromatic rings. The average molecular weight is 340 g/mol. The molecular formula is C14H12CuO6. The Morgan fingerprint density at radius 1 is 1.24 bits per heavy atom. The van der Waals surface area contributed by atoms with E-state index < -0.39 is 35.1 Å². The number of carboxylic acid groups (broad SMARTS) is 2. The Morgan fingerprint density at radius 3 is 2.29 bits per heavy atom. The van der Waals surface area contributed by atoms with Crippen molar-refractivity contribution in [1.29, 1.82) is 0 Å². The van der Waals surface area contributed by atoms with Gasteiger partial charge in [-0.2, -0.15) is 0 Å². The molecule has 0 saturated carbocycles. The van der Waals surface area contributed by atoms with Crippen LogP contribution in [0.1, 0.15) is 33.2 Å². The third-order valence-electron chi connectivity index (χ3n) is 2.53. The first-order valence-corrected chi connectivity index (χ1v) is 5.73. The molecule has 6 nitrogen and oxygen atoms in total. The van der Waals surface area contributed by atoms with Gasteiger partial charge in [0.1, 0.15) is 6.10 Å². The van der Waals surface area contributed by atoms with E-state index in [1.165, 1.54) is 12.1 Å². The van der Waals surface area contributed by atoms with E-state index in [1.54, 1.807) is 6.92 Å². The van der Waals surface area contributed by atoms with E-state index in [9.17, 15) is 24.6 Å². The number of esters is 1. The minimum absolute atomic E-state index is 0. The van der Waals surface area contributed by atoms with Crippen molar-refractivity contribution in [2.45, 2.75) is 19.4 Å². The van der Waals surface area contributed by atoms with E-state index >= 15 is 0 Å². The maximum absolute atomic E-state index is 11.0. The Hall–Kier alpha value is -2.11. The maximum Gasteiger partial charge on any atom is 2.00 e. The molecular weight excluding hydrogens is 328 g/mol. The molecule has 1 atom stereocenters. The van der Waals surface area contributed by atoms with Crippen molar-refractivity contribution < 1.29 is 46.4 Å². The second-order valence-electron chi connectivity index (χ2n) is 4.11. The number of carbonyl (C=O) groups is 3. The van der Waals surface area contributed by atoms with Crippen molar-refractivity contribution in [2.24, 2.45) is 0 Å². The summed E-state index contributed by atoms with van der Waals surface area (Å²) < 4.78 is 4.93. The van der Waals surface area contributed by atoms with Gasteiger partial charge in [0, 0.05) is 23.6 Å². The van der Waals surface area contributed by atoms with Crippen molar-refractivity contribution >= 4 is 17.9 Å². The van der Waals surface area contributed by atoms with Crippen molar-refractivity contribution in [3.63, 3.8) is 0 Å². The van der Waals surface area contributed by atoms with Crippen LogP contribution in [0.25, 0.3) is 0 Å². The minimum atomic E-state index is -1.61. The third kappa shape index (κ3) is 5.41. The predicted octanol–water partition coefficient (Wildman–Crippen LogP) is -0.929. The maximum atomic E-state index is 11.0. The van der Waals surface area contributed by atoms with Gasteiger partial charge in [-0.1, -0.05) is 18.7 Å². The van der Waals surface area contributed by atoms with Crippen LogP contribution in [0.15, 0.2) is 30.9 Å². The summed E-state index contributed by atoms with van der Waals surface area (Å²) in [6.07, 6.45) is 0.735. The quantitative estimate of drug-likeness (QED) is 0.376. The van der Waals surface area contributed by atoms with E-state index in [1.807, 2.05) is 0 Å². The molecule has 0 spiro atoms. The van der Waals surface area contributed by atoms with Crippen LogP contribution in [0.5, 0.6) is 0 Å². The monoisotopic (exact) mass is 339 g/mol. The zero-order valence-corrected chi connectivity index (χ0v) is 12.0. The Morgan fingerprint density at radius 2 is 1.81 bits per heavy atom. The molecule has 0 aliphatic heterocycles. The summed E-state index contributed by atoms with van der Waals surface area (Å²) in [5, 5.41) is 21.6. The third-order valence-corrected chi connectivity index (χ3v) is 2.53. The zero-order chi connectivity index (χ0) is 15.3. The molecule has 1 unspecified atom stereocenters. The summed E-state index contributed by atoms with van der Waals surface area (Å²) in [7, 11) is 0. The molecule has 1 rings (SSSR count). The Labute approximate surface area is 131 Å². The van der Waals surface area contributed by atoms with Crippen LogP contribution in [0.3, 0.4) is 0 Å². The van der Waals surface area contributed by atoms with Crippen LogP contribution in [-0.4, -0.2) is 24.0 Å². The molecule has 0 aromatic heterocycles. The summed E-state index contributed by atoms with van der Waals surface area (Å²) >= 11 is 0. The predicted molar refractivity (Wildman–Crippen MR) is 64.6 cm³/mol. The molecule has 0 N–H and O–H groups in total. The van der Waals surface area contributed by atoms with Gasteiger partial charge < -0.3 is 24.5 Å². The number of ether oxygens (including phenoxy) is 1. The Balaban J connectivity index is 0.00000400. The fourth-order valence-electron chi connectivity index (χ4n) is 1.69. The first-order chi connectivity index (χ1) is 9.35. The average Bonchev–Trinajstić information content (AvgIpc) is 2.37. The first kappa shape index (κ1) is 18.9. The largest absolute Gasteiger partial charge is 2.00 e. The van der Waals surface area contributed by atoms with Gasteiger partial charge in [-0.25, -0.2) is 4.79 Å². The van der Waals surface area contributed by atoms with Gasteiger partial charge in [-0.05, 0) is 18.6 Å². The van der Waals surface area contributed by atoms with E-state index in [4.69, 9.17) is 4.74 Å². The van der Waals surface area contributed by atoms with Crippen LogP contribution in [0.2, 0.25) is 0 Å². The van der Waals surface area contributed by atoms with Gasteiger partial charge in [-0.15, -0.1) is 0 Å². The fourth-order valence-corrected chi connectivity index (χ4v) is 1.69. The molecule has 21 heavy (non-hydrogen) atoms. The summed E-state index contributed by atoms with van der Waals surface area (Å²) in [6.45, 7) is 4.87. The molecule has 0 aliphatic rings.